The summed E-state index contributed by atoms with van der Waals surface area (Å²) in [7, 11) is 0. The number of hydrogen-bond donors (Lipinski definition) is 1. The molecule has 0 amide bonds. The van der Waals surface area contributed by atoms with Crippen molar-refractivity contribution in [3.05, 3.63) is 21.9 Å². The quantitative estimate of drug-likeness (QED) is 0.861. The predicted octanol–water partition coefficient (Wildman–Crippen LogP) is 2.05. The van der Waals surface area contributed by atoms with Crippen LogP contribution in [0.3, 0.4) is 0 Å². The highest BCUT2D eigenvalue weighted by atomic mass is 32.1. The highest BCUT2D eigenvalue weighted by molar-refractivity contribution is 7.10. The molecule has 2 unspecified atom stereocenters. The van der Waals surface area contributed by atoms with Gasteiger partial charge in [0.2, 0.25) is 0 Å². The fourth-order valence-corrected chi connectivity index (χ4v) is 3.58. The van der Waals surface area contributed by atoms with Gasteiger partial charge in [0, 0.05) is 18.0 Å². The maximum Gasteiger partial charge on any atom is 0.327 e. The van der Waals surface area contributed by atoms with Crippen LogP contribution in [0, 0.1) is 0 Å². The first-order valence-corrected chi connectivity index (χ1v) is 7.80. The molecular formula is C14H19NO3S. The van der Waals surface area contributed by atoms with Gasteiger partial charge in [0.15, 0.2) is 0 Å². The molecule has 1 aromatic heterocycles. The molecule has 1 aromatic rings. The van der Waals surface area contributed by atoms with Crippen molar-refractivity contribution >= 4 is 17.3 Å². The molecular weight excluding hydrogens is 262 g/mol. The lowest BCUT2D eigenvalue weighted by molar-refractivity contribution is -0.152. The molecule has 3 rings (SSSR count). The molecule has 3 heterocycles. The molecule has 104 valence electrons. The minimum Gasteiger partial charge on any atom is -0.462 e. The van der Waals surface area contributed by atoms with E-state index >= 15 is 0 Å². The van der Waals surface area contributed by atoms with Gasteiger partial charge in [0.05, 0.1) is 6.10 Å². The van der Waals surface area contributed by atoms with Gasteiger partial charge in [-0.1, -0.05) is 0 Å². The van der Waals surface area contributed by atoms with Gasteiger partial charge < -0.3 is 14.8 Å². The smallest absolute Gasteiger partial charge is 0.327 e. The Kier molecular flexibility index (Phi) is 4.15. The van der Waals surface area contributed by atoms with Crippen LogP contribution in [0.15, 0.2) is 11.4 Å². The van der Waals surface area contributed by atoms with Crippen LogP contribution >= 0.6 is 11.3 Å². The van der Waals surface area contributed by atoms with Crippen LogP contribution in [0.2, 0.25) is 0 Å². The summed E-state index contributed by atoms with van der Waals surface area (Å²) >= 11 is 1.72. The van der Waals surface area contributed by atoms with Gasteiger partial charge in [-0.15, -0.1) is 11.3 Å². The molecule has 5 heteroatoms. The van der Waals surface area contributed by atoms with E-state index in [1.165, 1.54) is 11.3 Å². The largest absolute Gasteiger partial charge is 0.462 e. The third-order valence-electron chi connectivity index (χ3n) is 3.71. The summed E-state index contributed by atoms with van der Waals surface area (Å²) in [6.07, 6.45) is 4.37. The number of nitrogens with one attached hydrogen (secondary N) is 1. The normalized spacial score (nSPS) is 26.7. The van der Waals surface area contributed by atoms with Crippen molar-refractivity contribution in [1.82, 2.24) is 5.32 Å². The maximum absolute atomic E-state index is 12.2. The number of fused-ring (bicyclic) bond motifs is 1. The van der Waals surface area contributed by atoms with E-state index in [1.807, 2.05) is 11.4 Å². The zero-order valence-corrected chi connectivity index (χ0v) is 11.7. The molecule has 4 nitrogen and oxygen atoms in total. The van der Waals surface area contributed by atoms with Gasteiger partial charge in [-0.2, -0.15) is 0 Å². The number of carbonyl (C=O) groups is 1. The molecule has 1 fully saturated rings. The summed E-state index contributed by atoms with van der Waals surface area (Å²) in [5, 5.41) is 5.28. The predicted molar refractivity (Wildman–Crippen MR) is 73.3 cm³/mol. The number of hydrogen-bond acceptors (Lipinski definition) is 5. The molecule has 2 atom stereocenters. The first-order valence-electron chi connectivity index (χ1n) is 6.92. The van der Waals surface area contributed by atoms with Crippen molar-refractivity contribution < 1.29 is 14.3 Å². The number of ether oxygens (including phenoxy) is 2. The van der Waals surface area contributed by atoms with E-state index in [-0.39, 0.29) is 18.1 Å². The zero-order valence-electron chi connectivity index (χ0n) is 10.9. The Bertz CT molecular complexity index is 440. The highest BCUT2D eigenvalue weighted by Crippen LogP contribution is 2.28. The molecule has 0 spiro atoms. The lowest BCUT2D eigenvalue weighted by Crippen LogP contribution is -2.37. The van der Waals surface area contributed by atoms with Crippen LogP contribution < -0.4 is 5.32 Å². The lowest BCUT2D eigenvalue weighted by Gasteiger charge is -2.25. The molecule has 1 N–H and O–H groups in total. The molecule has 2 aliphatic heterocycles. The van der Waals surface area contributed by atoms with Gasteiger partial charge in [-0.25, -0.2) is 4.79 Å². The summed E-state index contributed by atoms with van der Waals surface area (Å²) in [5.74, 6) is -0.173. The van der Waals surface area contributed by atoms with Crippen molar-refractivity contribution in [2.75, 3.05) is 19.8 Å². The Balaban J connectivity index is 1.56. The van der Waals surface area contributed by atoms with Crippen molar-refractivity contribution in [3.63, 3.8) is 0 Å². The minimum atomic E-state index is -0.293. The number of carbonyl (C=O) groups excluding carboxylic acids is 1. The van der Waals surface area contributed by atoms with Gasteiger partial charge in [-0.3, -0.25) is 0 Å². The van der Waals surface area contributed by atoms with E-state index in [2.05, 4.69) is 5.32 Å². The SMILES string of the molecule is O=C(OCC1CCCCO1)C1NCCc2sccc21. The Morgan fingerprint density at radius 2 is 2.47 bits per heavy atom. The van der Waals surface area contributed by atoms with Crippen molar-refractivity contribution in [1.29, 1.82) is 0 Å². The number of rotatable bonds is 3. The third-order valence-corrected chi connectivity index (χ3v) is 4.71. The monoisotopic (exact) mass is 281 g/mol. The molecule has 0 saturated carbocycles. The van der Waals surface area contributed by atoms with Crippen LogP contribution in [-0.4, -0.2) is 31.8 Å². The van der Waals surface area contributed by atoms with Crippen LogP contribution in [0.5, 0.6) is 0 Å². The number of esters is 1. The second-order valence-corrected chi connectivity index (χ2v) is 6.06. The Hall–Kier alpha value is -0.910. The summed E-state index contributed by atoms with van der Waals surface area (Å²) in [5.41, 5.74) is 1.09. The van der Waals surface area contributed by atoms with Crippen molar-refractivity contribution in [3.8, 4) is 0 Å². The van der Waals surface area contributed by atoms with E-state index < -0.39 is 0 Å². The topological polar surface area (TPSA) is 47.6 Å². The van der Waals surface area contributed by atoms with Crippen LogP contribution in [0.25, 0.3) is 0 Å². The summed E-state index contributed by atoms with van der Waals surface area (Å²) in [6, 6.07) is 1.73. The standard InChI is InChI=1S/C14H19NO3S/c16-14(18-9-10-3-1-2-7-17-10)13-11-5-8-19-12(11)4-6-15-13/h5,8,10,13,15H,1-4,6-7,9H2. The van der Waals surface area contributed by atoms with Gasteiger partial charge >= 0.3 is 5.97 Å². The van der Waals surface area contributed by atoms with Crippen LogP contribution in [0.1, 0.15) is 35.7 Å². The molecule has 0 bridgehead atoms. The average Bonchev–Trinajstić information content (AvgIpc) is 2.94. The van der Waals surface area contributed by atoms with E-state index in [4.69, 9.17) is 9.47 Å². The second kappa shape index (κ2) is 6.03. The molecule has 2 aliphatic rings. The van der Waals surface area contributed by atoms with E-state index in [9.17, 15) is 4.79 Å². The molecule has 19 heavy (non-hydrogen) atoms. The first kappa shape index (κ1) is 13.1. The molecule has 1 saturated heterocycles. The second-order valence-electron chi connectivity index (χ2n) is 5.05. The summed E-state index contributed by atoms with van der Waals surface area (Å²) < 4.78 is 11.0. The van der Waals surface area contributed by atoms with Gasteiger partial charge in [0.1, 0.15) is 12.6 Å². The minimum absolute atomic E-state index is 0.0863. The highest BCUT2D eigenvalue weighted by Gasteiger charge is 2.29. The summed E-state index contributed by atoms with van der Waals surface area (Å²) in [6.45, 7) is 2.02. The molecule has 0 radical (unpaired) electrons. The van der Waals surface area contributed by atoms with Crippen LogP contribution in [-0.2, 0) is 20.7 Å². The Labute approximate surface area is 117 Å². The fourth-order valence-electron chi connectivity index (χ4n) is 2.66. The number of thiophene rings is 1. The van der Waals surface area contributed by atoms with Crippen molar-refractivity contribution in [2.24, 2.45) is 0 Å². The first-order chi connectivity index (χ1) is 9.34. The van der Waals surface area contributed by atoms with Gasteiger partial charge in [0.25, 0.3) is 0 Å². The van der Waals surface area contributed by atoms with E-state index in [0.717, 1.165) is 38.0 Å². The molecule has 0 aromatic carbocycles. The van der Waals surface area contributed by atoms with Crippen molar-refractivity contribution in [2.45, 2.75) is 37.8 Å². The summed E-state index contributed by atoms with van der Waals surface area (Å²) in [4.78, 5) is 13.5. The Morgan fingerprint density at radius 3 is 3.32 bits per heavy atom. The van der Waals surface area contributed by atoms with E-state index in [1.54, 1.807) is 11.3 Å². The average molecular weight is 281 g/mol. The van der Waals surface area contributed by atoms with Gasteiger partial charge in [-0.05, 0) is 42.7 Å². The Morgan fingerprint density at radius 1 is 1.53 bits per heavy atom. The lowest BCUT2D eigenvalue weighted by atomic mass is 10.0. The fraction of sp³-hybridized carbons (Fsp3) is 0.643. The zero-order chi connectivity index (χ0) is 13.1. The molecule has 0 aliphatic carbocycles. The maximum atomic E-state index is 12.2. The third kappa shape index (κ3) is 2.99. The van der Waals surface area contributed by atoms with Crippen LogP contribution in [0.4, 0.5) is 0 Å². The van der Waals surface area contributed by atoms with E-state index in [0.29, 0.717) is 6.61 Å².